The normalized spacial score (nSPS) is 12.8. The molecule has 0 saturated heterocycles. The zero-order valence-electron chi connectivity index (χ0n) is 6.98. The van der Waals surface area contributed by atoms with Crippen LogP contribution in [0.25, 0.3) is 0 Å². The number of aliphatic hydroxyl groups is 1. The molecule has 1 atom stereocenters. The Labute approximate surface area is 72.2 Å². The molecular weight excluding hydrogens is 152 g/mol. The third-order valence-electron chi connectivity index (χ3n) is 1.92. The second-order valence-corrected chi connectivity index (χ2v) is 2.73. The predicted octanol–water partition coefficient (Wildman–Crippen LogP) is 0.506. The molecule has 1 aromatic heterocycles. The number of hydrogen-bond acceptors (Lipinski definition) is 3. The van der Waals surface area contributed by atoms with Gasteiger partial charge in [0.05, 0.1) is 0 Å². The van der Waals surface area contributed by atoms with E-state index in [1.165, 1.54) is 0 Å². The molecule has 3 heteroatoms. The van der Waals surface area contributed by atoms with Gasteiger partial charge in [0.25, 0.3) is 0 Å². The molecule has 66 valence electrons. The van der Waals surface area contributed by atoms with Crippen LogP contribution in [-0.4, -0.2) is 23.2 Å². The van der Waals surface area contributed by atoms with E-state index in [0.717, 1.165) is 5.56 Å². The average molecular weight is 166 g/mol. The molecule has 1 aromatic rings. The highest BCUT2D eigenvalue weighted by Gasteiger charge is 2.07. The number of hydrogen-bond donors (Lipinski definition) is 2. The van der Waals surface area contributed by atoms with E-state index in [9.17, 15) is 0 Å². The molecule has 0 radical (unpaired) electrons. The molecule has 0 spiro atoms. The minimum atomic E-state index is 0.177. The highest BCUT2D eigenvalue weighted by molar-refractivity contribution is 5.14. The quantitative estimate of drug-likeness (QED) is 0.685. The van der Waals surface area contributed by atoms with Crippen LogP contribution >= 0.6 is 0 Å². The summed E-state index contributed by atoms with van der Waals surface area (Å²) in [6, 6.07) is 3.87. The standard InChI is InChI=1S/C9H14N2O/c10-6-8(3-5-12)9-2-1-4-11-7-9/h1-2,4,7-8,12H,3,5-6,10H2. The van der Waals surface area contributed by atoms with E-state index < -0.39 is 0 Å². The Bertz CT molecular complexity index is 213. The molecule has 0 amide bonds. The fourth-order valence-electron chi connectivity index (χ4n) is 1.19. The van der Waals surface area contributed by atoms with Crippen molar-refractivity contribution in [3.8, 4) is 0 Å². The third-order valence-corrected chi connectivity index (χ3v) is 1.92. The fraction of sp³-hybridized carbons (Fsp3) is 0.444. The second-order valence-electron chi connectivity index (χ2n) is 2.73. The lowest BCUT2D eigenvalue weighted by Crippen LogP contribution is -2.13. The number of aliphatic hydroxyl groups excluding tert-OH is 1. The van der Waals surface area contributed by atoms with Crippen molar-refractivity contribution in [2.45, 2.75) is 12.3 Å². The molecule has 1 unspecified atom stereocenters. The van der Waals surface area contributed by atoms with Gasteiger partial charge in [0.1, 0.15) is 0 Å². The monoisotopic (exact) mass is 166 g/mol. The van der Waals surface area contributed by atoms with Crippen molar-refractivity contribution in [3.63, 3.8) is 0 Å². The molecule has 1 heterocycles. The Morgan fingerprint density at radius 2 is 2.42 bits per heavy atom. The first-order valence-corrected chi connectivity index (χ1v) is 4.09. The van der Waals surface area contributed by atoms with Crippen LogP contribution in [0.2, 0.25) is 0 Å². The third kappa shape index (κ3) is 2.29. The molecule has 1 rings (SSSR count). The average Bonchev–Trinajstić information content (AvgIpc) is 2.15. The van der Waals surface area contributed by atoms with Crippen molar-refractivity contribution in [2.24, 2.45) is 5.73 Å². The summed E-state index contributed by atoms with van der Waals surface area (Å²) in [7, 11) is 0. The summed E-state index contributed by atoms with van der Waals surface area (Å²) in [5.41, 5.74) is 6.66. The van der Waals surface area contributed by atoms with Gasteiger partial charge in [-0.2, -0.15) is 0 Å². The van der Waals surface area contributed by atoms with Gasteiger partial charge in [-0.05, 0) is 30.5 Å². The molecule has 0 aromatic carbocycles. The van der Waals surface area contributed by atoms with Gasteiger partial charge in [0.15, 0.2) is 0 Å². The molecule has 0 fully saturated rings. The van der Waals surface area contributed by atoms with Gasteiger partial charge in [0.2, 0.25) is 0 Å². The second kappa shape index (κ2) is 4.85. The topological polar surface area (TPSA) is 59.1 Å². The van der Waals surface area contributed by atoms with Crippen LogP contribution in [0.1, 0.15) is 17.9 Å². The summed E-state index contributed by atoms with van der Waals surface area (Å²) in [4.78, 5) is 4.00. The maximum absolute atomic E-state index is 8.75. The molecule has 0 aliphatic heterocycles. The SMILES string of the molecule is NCC(CCO)c1cccnc1. The van der Waals surface area contributed by atoms with E-state index in [4.69, 9.17) is 10.8 Å². The van der Waals surface area contributed by atoms with Crippen molar-refractivity contribution in [1.29, 1.82) is 0 Å². The summed E-state index contributed by atoms with van der Waals surface area (Å²) >= 11 is 0. The van der Waals surface area contributed by atoms with Crippen LogP contribution in [0.3, 0.4) is 0 Å². The summed E-state index contributed by atoms with van der Waals surface area (Å²) in [6.07, 6.45) is 4.24. The van der Waals surface area contributed by atoms with Crippen molar-refractivity contribution < 1.29 is 5.11 Å². The Kier molecular flexibility index (Phi) is 3.70. The number of nitrogens with two attached hydrogens (primary N) is 1. The Balaban J connectivity index is 2.66. The van der Waals surface area contributed by atoms with Crippen molar-refractivity contribution in [2.75, 3.05) is 13.2 Å². The van der Waals surface area contributed by atoms with Gasteiger partial charge in [0, 0.05) is 19.0 Å². The summed E-state index contributed by atoms with van der Waals surface area (Å²) in [6.45, 7) is 0.739. The van der Waals surface area contributed by atoms with Crippen molar-refractivity contribution in [3.05, 3.63) is 30.1 Å². The van der Waals surface area contributed by atoms with Crippen molar-refractivity contribution in [1.82, 2.24) is 4.98 Å². The minimum absolute atomic E-state index is 0.177. The van der Waals surface area contributed by atoms with E-state index in [0.29, 0.717) is 13.0 Å². The van der Waals surface area contributed by atoms with Crippen LogP contribution in [0, 0.1) is 0 Å². The maximum atomic E-state index is 8.75. The van der Waals surface area contributed by atoms with Crippen LogP contribution < -0.4 is 5.73 Å². The van der Waals surface area contributed by atoms with Crippen LogP contribution in [0.15, 0.2) is 24.5 Å². The zero-order valence-corrected chi connectivity index (χ0v) is 6.98. The lowest BCUT2D eigenvalue weighted by molar-refractivity contribution is 0.276. The molecule has 0 saturated carbocycles. The maximum Gasteiger partial charge on any atom is 0.0437 e. The summed E-state index contributed by atoms with van der Waals surface area (Å²) < 4.78 is 0. The van der Waals surface area contributed by atoms with E-state index >= 15 is 0 Å². The summed E-state index contributed by atoms with van der Waals surface area (Å²) in [5.74, 6) is 0.240. The zero-order chi connectivity index (χ0) is 8.81. The number of aromatic nitrogens is 1. The smallest absolute Gasteiger partial charge is 0.0437 e. The first kappa shape index (κ1) is 9.16. The Hall–Kier alpha value is -0.930. The molecule has 12 heavy (non-hydrogen) atoms. The molecule has 0 bridgehead atoms. The fourth-order valence-corrected chi connectivity index (χ4v) is 1.19. The van der Waals surface area contributed by atoms with Gasteiger partial charge in [-0.15, -0.1) is 0 Å². The molecule has 0 aliphatic carbocycles. The molecule has 3 N–H and O–H groups in total. The van der Waals surface area contributed by atoms with Crippen LogP contribution in [-0.2, 0) is 0 Å². The van der Waals surface area contributed by atoms with Crippen LogP contribution in [0.5, 0.6) is 0 Å². The molecule has 3 nitrogen and oxygen atoms in total. The van der Waals surface area contributed by atoms with Gasteiger partial charge in [-0.25, -0.2) is 0 Å². The van der Waals surface area contributed by atoms with Gasteiger partial charge in [-0.3, -0.25) is 4.98 Å². The minimum Gasteiger partial charge on any atom is -0.396 e. The first-order chi connectivity index (χ1) is 5.88. The number of nitrogens with zero attached hydrogens (tertiary/aromatic N) is 1. The van der Waals surface area contributed by atoms with E-state index in [1.54, 1.807) is 12.4 Å². The van der Waals surface area contributed by atoms with Gasteiger partial charge in [-0.1, -0.05) is 6.07 Å². The van der Waals surface area contributed by atoms with Crippen LogP contribution in [0.4, 0.5) is 0 Å². The molecular formula is C9H14N2O. The lowest BCUT2D eigenvalue weighted by atomic mass is 9.98. The summed E-state index contributed by atoms with van der Waals surface area (Å²) in [5, 5.41) is 8.75. The predicted molar refractivity (Wildman–Crippen MR) is 47.7 cm³/mol. The lowest BCUT2D eigenvalue weighted by Gasteiger charge is -2.12. The van der Waals surface area contributed by atoms with Gasteiger partial charge < -0.3 is 10.8 Å². The molecule has 0 aliphatic rings. The first-order valence-electron chi connectivity index (χ1n) is 4.09. The van der Waals surface area contributed by atoms with Gasteiger partial charge >= 0.3 is 0 Å². The Morgan fingerprint density at radius 3 is 2.92 bits per heavy atom. The van der Waals surface area contributed by atoms with E-state index in [-0.39, 0.29) is 12.5 Å². The highest BCUT2D eigenvalue weighted by Crippen LogP contribution is 2.15. The largest absolute Gasteiger partial charge is 0.396 e. The van der Waals surface area contributed by atoms with E-state index in [1.807, 2.05) is 12.1 Å². The number of rotatable bonds is 4. The highest BCUT2D eigenvalue weighted by atomic mass is 16.3. The Morgan fingerprint density at radius 1 is 1.58 bits per heavy atom. The van der Waals surface area contributed by atoms with E-state index in [2.05, 4.69) is 4.98 Å². The van der Waals surface area contributed by atoms with Crippen molar-refractivity contribution >= 4 is 0 Å². The number of pyridine rings is 1.